The minimum atomic E-state index is 0.159. The molecule has 0 aliphatic carbocycles. The van der Waals surface area contributed by atoms with E-state index >= 15 is 0 Å². The van der Waals surface area contributed by atoms with Gasteiger partial charge in [0.1, 0.15) is 0 Å². The Morgan fingerprint density at radius 3 is 2.65 bits per heavy atom. The smallest absolute Gasteiger partial charge is 0.227 e. The van der Waals surface area contributed by atoms with Gasteiger partial charge in [0.15, 0.2) is 0 Å². The molecule has 1 aromatic rings. The third kappa shape index (κ3) is 4.20. The van der Waals surface area contributed by atoms with E-state index in [9.17, 15) is 4.79 Å². The zero-order valence-corrected chi connectivity index (χ0v) is 13.4. The number of rotatable bonds is 6. The number of allylic oxidation sites excluding steroid dienone is 1. The van der Waals surface area contributed by atoms with Crippen molar-refractivity contribution in [3.63, 3.8) is 0 Å². The van der Waals surface area contributed by atoms with Crippen LogP contribution in [0.15, 0.2) is 42.6 Å². The van der Waals surface area contributed by atoms with E-state index in [1.165, 1.54) is 5.56 Å². The first kappa shape index (κ1) is 15.3. The molecule has 0 spiro atoms. The number of amides is 1. The standard InChI is InChI=1S/C17H22BrNO/c1-14-12-13-16(18)19(14)17(20)11-7-3-6-10-15-8-4-2-5-9-15/h2,4-5,8-9,16H,1,3,6-7,10-13H2. The SMILES string of the molecule is C=C1CCC(Br)N1C(=O)CCCCCc1ccccc1. The lowest BCUT2D eigenvalue weighted by Gasteiger charge is -2.21. The van der Waals surface area contributed by atoms with Gasteiger partial charge in [0.2, 0.25) is 5.91 Å². The maximum absolute atomic E-state index is 12.1. The van der Waals surface area contributed by atoms with Gasteiger partial charge in [0.05, 0.1) is 4.95 Å². The summed E-state index contributed by atoms with van der Waals surface area (Å²) in [5.41, 5.74) is 2.34. The molecule has 0 aromatic heterocycles. The molecule has 2 nitrogen and oxygen atoms in total. The summed E-state index contributed by atoms with van der Waals surface area (Å²) < 4.78 is 0. The number of likely N-dealkylation sites (tertiary alicyclic amines) is 1. The van der Waals surface area contributed by atoms with Crippen molar-refractivity contribution in [2.45, 2.75) is 49.9 Å². The van der Waals surface area contributed by atoms with E-state index in [0.717, 1.165) is 44.2 Å². The Bertz CT molecular complexity index is 457. The number of halogens is 1. The van der Waals surface area contributed by atoms with Gasteiger partial charge >= 0.3 is 0 Å². The molecule has 20 heavy (non-hydrogen) atoms. The maximum atomic E-state index is 12.1. The van der Waals surface area contributed by atoms with Crippen molar-refractivity contribution >= 4 is 21.8 Å². The first-order chi connectivity index (χ1) is 9.68. The molecular weight excluding hydrogens is 314 g/mol. The third-order valence-corrected chi connectivity index (χ3v) is 4.63. The van der Waals surface area contributed by atoms with Gasteiger partial charge in [-0.1, -0.05) is 59.3 Å². The molecule has 1 atom stereocenters. The van der Waals surface area contributed by atoms with Crippen LogP contribution in [0.25, 0.3) is 0 Å². The third-order valence-electron chi connectivity index (χ3n) is 3.76. The monoisotopic (exact) mass is 335 g/mol. The molecule has 1 fully saturated rings. The zero-order chi connectivity index (χ0) is 14.4. The molecule has 0 N–H and O–H groups in total. The van der Waals surface area contributed by atoms with Crippen LogP contribution in [0, 0.1) is 0 Å². The van der Waals surface area contributed by atoms with Crippen LogP contribution < -0.4 is 0 Å². The summed E-state index contributed by atoms with van der Waals surface area (Å²) in [6, 6.07) is 10.5. The number of hydrogen-bond acceptors (Lipinski definition) is 1. The number of unbranched alkanes of at least 4 members (excludes halogenated alkanes) is 2. The van der Waals surface area contributed by atoms with Crippen LogP contribution in [0.1, 0.15) is 44.1 Å². The molecular formula is C17H22BrNO. The summed E-state index contributed by atoms with van der Waals surface area (Å²) in [5.74, 6) is 0.217. The fraction of sp³-hybridized carbons (Fsp3) is 0.471. The van der Waals surface area contributed by atoms with Crippen LogP contribution in [0.3, 0.4) is 0 Å². The summed E-state index contributed by atoms with van der Waals surface area (Å²) in [6.07, 6.45) is 6.87. The minimum absolute atomic E-state index is 0.159. The lowest BCUT2D eigenvalue weighted by Crippen LogP contribution is -2.30. The fourth-order valence-electron chi connectivity index (χ4n) is 2.61. The van der Waals surface area contributed by atoms with Crippen molar-refractivity contribution in [1.82, 2.24) is 4.90 Å². The van der Waals surface area contributed by atoms with Gasteiger partial charge in [-0.2, -0.15) is 0 Å². The molecule has 108 valence electrons. The zero-order valence-electron chi connectivity index (χ0n) is 11.9. The predicted molar refractivity (Wildman–Crippen MR) is 86.5 cm³/mol. The largest absolute Gasteiger partial charge is 0.304 e. The topological polar surface area (TPSA) is 20.3 Å². The average Bonchev–Trinajstić information content (AvgIpc) is 2.79. The van der Waals surface area contributed by atoms with E-state index in [-0.39, 0.29) is 10.9 Å². The van der Waals surface area contributed by atoms with Gasteiger partial charge in [-0.15, -0.1) is 0 Å². The number of aryl methyl sites for hydroxylation is 1. The Kier molecular flexibility index (Phi) is 5.84. The number of benzene rings is 1. The second-order valence-corrected chi connectivity index (χ2v) is 6.41. The minimum Gasteiger partial charge on any atom is -0.304 e. The summed E-state index contributed by atoms with van der Waals surface area (Å²) in [5, 5.41) is 0. The summed E-state index contributed by atoms with van der Waals surface area (Å²) in [6.45, 7) is 3.97. The number of alkyl halides is 1. The molecule has 1 aliphatic heterocycles. The Hall–Kier alpha value is -1.09. The molecule has 0 bridgehead atoms. The molecule has 1 saturated heterocycles. The summed E-state index contributed by atoms with van der Waals surface area (Å²) in [4.78, 5) is 14.1. The van der Waals surface area contributed by atoms with E-state index in [1.807, 2.05) is 11.0 Å². The van der Waals surface area contributed by atoms with Crippen LogP contribution in [0.5, 0.6) is 0 Å². The molecule has 3 heteroatoms. The summed E-state index contributed by atoms with van der Waals surface area (Å²) in [7, 11) is 0. The van der Waals surface area contributed by atoms with Crippen LogP contribution >= 0.6 is 15.9 Å². The molecule has 1 aliphatic rings. The summed E-state index contributed by atoms with van der Waals surface area (Å²) >= 11 is 3.54. The van der Waals surface area contributed by atoms with E-state index in [4.69, 9.17) is 0 Å². The van der Waals surface area contributed by atoms with Crippen molar-refractivity contribution in [3.8, 4) is 0 Å². The highest BCUT2D eigenvalue weighted by Gasteiger charge is 2.29. The van der Waals surface area contributed by atoms with Gasteiger partial charge in [-0.3, -0.25) is 4.79 Å². The second kappa shape index (κ2) is 7.63. The molecule has 0 radical (unpaired) electrons. The predicted octanol–water partition coefficient (Wildman–Crippen LogP) is 4.65. The van der Waals surface area contributed by atoms with Crippen molar-refractivity contribution in [2.24, 2.45) is 0 Å². The molecule has 1 unspecified atom stereocenters. The fourth-order valence-corrected chi connectivity index (χ4v) is 3.36. The van der Waals surface area contributed by atoms with Gasteiger partial charge in [-0.05, 0) is 37.7 Å². The van der Waals surface area contributed by atoms with Crippen LogP contribution in [0.4, 0.5) is 0 Å². The maximum Gasteiger partial charge on any atom is 0.227 e. The lowest BCUT2D eigenvalue weighted by atomic mass is 10.1. The number of carbonyl (C=O) groups excluding carboxylic acids is 1. The Morgan fingerprint density at radius 2 is 2.00 bits per heavy atom. The van der Waals surface area contributed by atoms with E-state index in [0.29, 0.717) is 6.42 Å². The highest BCUT2D eigenvalue weighted by atomic mass is 79.9. The molecule has 1 aromatic carbocycles. The highest BCUT2D eigenvalue weighted by molar-refractivity contribution is 9.09. The first-order valence-electron chi connectivity index (χ1n) is 7.36. The average molecular weight is 336 g/mol. The van der Waals surface area contributed by atoms with Crippen molar-refractivity contribution in [1.29, 1.82) is 0 Å². The van der Waals surface area contributed by atoms with Crippen molar-refractivity contribution < 1.29 is 4.79 Å². The van der Waals surface area contributed by atoms with Gasteiger partial charge < -0.3 is 4.90 Å². The molecule has 1 heterocycles. The quantitative estimate of drug-likeness (QED) is 0.421. The van der Waals surface area contributed by atoms with Crippen molar-refractivity contribution in [2.75, 3.05) is 0 Å². The van der Waals surface area contributed by atoms with E-state index < -0.39 is 0 Å². The van der Waals surface area contributed by atoms with Gasteiger partial charge in [0, 0.05) is 12.1 Å². The first-order valence-corrected chi connectivity index (χ1v) is 8.28. The van der Waals surface area contributed by atoms with E-state index in [2.05, 4.69) is 46.8 Å². The highest BCUT2D eigenvalue weighted by Crippen LogP contribution is 2.30. The molecule has 1 amide bonds. The number of nitrogens with zero attached hydrogens (tertiary/aromatic N) is 1. The Labute approximate surface area is 130 Å². The van der Waals surface area contributed by atoms with Gasteiger partial charge in [0.25, 0.3) is 0 Å². The van der Waals surface area contributed by atoms with Crippen LogP contribution in [-0.4, -0.2) is 15.8 Å². The van der Waals surface area contributed by atoms with Crippen LogP contribution in [-0.2, 0) is 11.2 Å². The molecule has 0 saturated carbocycles. The Morgan fingerprint density at radius 1 is 1.25 bits per heavy atom. The Balaban J connectivity index is 1.64. The van der Waals surface area contributed by atoms with Crippen LogP contribution in [0.2, 0.25) is 0 Å². The number of hydrogen-bond donors (Lipinski definition) is 0. The van der Waals surface area contributed by atoms with E-state index in [1.54, 1.807) is 0 Å². The number of carbonyl (C=O) groups is 1. The molecule has 2 rings (SSSR count). The lowest BCUT2D eigenvalue weighted by molar-refractivity contribution is -0.129. The van der Waals surface area contributed by atoms with Gasteiger partial charge in [-0.25, -0.2) is 0 Å². The van der Waals surface area contributed by atoms with Crippen molar-refractivity contribution in [3.05, 3.63) is 48.2 Å². The second-order valence-electron chi connectivity index (χ2n) is 5.35. The normalized spacial score (nSPS) is 18.6.